The van der Waals surface area contributed by atoms with E-state index in [2.05, 4.69) is 32.9 Å². The van der Waals surface area contributed by atoms with Crippen LogP contribution in [0.1, 0.15) is 59.3 Å². The Morgan fingerprint density at radius 1 is 1.31 bits per heavy atom. The van der Waals surface area contributed by atoms with Gasteiger partial charge in [-0.3, -0.25) is 0 Å². The average molecular weight is 180 g/mol. The highest BCUT2D eigenvalue weighted by Crippen LogP contribution is 2.36. The minimum absolute atomic E-state index is 0.561. The fraction of sp³-hybridized carbons (Fsp3) is 0.846. The monoisotopic (exact) mass is 180 g/mol. The molecule has 0 nitrogen and oxygen atoms in total. The lowest BCUT2D eigenvalue weighted by Crippen LogP contribution is -2.18. The van der Waals surface area contributed by atoms with Gasteiger partial charge in [-0.05, 0) is 30.6 Å². The zero-order valence-electron chi connectivity index (χ0n) is 9.47. The van der Waals surface area contributed by atoms with Crippen LogP contribution in [0.25, 0.3) is 0 Å². The van der Waals surface area contributed by atoms with Crippen molar-refractivity contribution >= 4 is 0 Å². The molecule has 1 atom stereocenters. The van der Waals surface area contributed by atoms with Gasteiger partial charge in [-0.2, -0.15) is 0 Å². The van der Waals surface area contributed by atoms with Gasteiger partial charge in [-0.1, -0.05) is 52.2 Å². The Balaban J connectivity index is 2.27. The third-order valence-corrected chi connectivity index (χ3v) is 3.07. The van der Waals surface area contributed by atoms with Crippen molar-refractivity contribution in [2.24, 2.45) is 11.3 Å². The molecule has 76 valence electrons. The summed E-state index contributed by atoms with van der Waals surface area (Å²) in [5.41, 5.74) is 0.561. The molecule has 0 aromatic carbocycles. The lowest BCUT2D eigenvalue weighted by atomic mass is 9.75. The van der Waals surface area contributed by atoms with E-state index in [9.17, 15) is 0 Å². The van der Waals surface area contributed by atoms with Gasteiger partial charge < -0.3 is 0 Å². The van der Waals surface area contributed by atoms with E-state index in [1.165, 1.54) is 38.5 Å². The molecule has 0 aliphatic heterocycles. The van der Waals surface area contributed by atoms with Crippen LogP contribution >= 0.6 is 0 Å². The van der Waals surface area contributed by atoms with Crippen molar-refractivity contribution in [3.63, 3.8) is 0 Å². The Morgan fingerprint density at radius 2 is 2.08 bits per heavy atom. The minimum Gasteiger partial charge on any atom is -0.0877 e. The van der Waals surface area contributed by atoms with Crippen molar-refractivity contribution < 1.29 is 0 Å². The van der Waals surface area contributed by atoms with Crippen LogP contribution in [0.3, 0.4) is 0 Å². The number of hydrogen-bond acceptors (Lipinski definition) is 0. The molecule has 0 saturated carbocycles. The second-order valence-electron chi connectivity index (χ2n) is 5.26. The Bertz CT molecular complexity index is 165. The molecule has 0 radical (unpaired) electrons. The highest BCUT2D eigenvalue weighted by molar-refractivity contribution is 4.99. The molecule has 0 heteroatoms. The Kier molecular flexibility index (Phi) is 4.02. The fourth-order valence-corrected chi connectivity index (χ4v) is 2.30. The van der Waals surface area contributed by atoms with E-state index in [0.29, 0.717) is 5.41 Å². The van der Waals surface area contributed by atoms with Crippen molar-refractivity contribution in [2.75, 3.05) is 0 Å². The van der Waals surface area contributed by atoms with Crippen LogP contribution in [0.2, 0.25) is 0 Å². The summed E-state index contributed by atoms with van der Waals surface area (Å²) in [6, 6.07) is 0. The number of rotatable bonds is 4. The van der Waals surface area contributed by atoms with Gasteiger partial charge in [-0.15, -0.1) is 0 Å². The summed E-state index contributed by atoms with van der Waals surface area (Å²) >= 11 is 0. The Labute approximate surface area is 83.4 Å². The lowest BCUT2D eigenvalue weighted by molar-refractivity contribution is 0.269. The molecule has 1 aliphatic rings. The maximum absolute atomic E-state index is 2.45. The number of unbranched alkanes of at least 4 members (excludes halogenated alkanes) is 2. The Morgan fingerprint density at radius 3 is 2.69 bits per heavy atom. The molecule has 0 heterocycles. The summed E-state index contributed by atoms with van der Waals surface area (Å²) < 4.78 is 0. The van der Waals surface area contributed by atoms with Crippen LogP contribution in [-0.4, -0.2) is 0 Å². The smallest absolute Gasteiger partial charge is 0.0228 e. The Hall–Kier alpha value is -0.260. The topological polar surface area (TPSA) is 0 Å². The number of allylic oxidation sites excluding steroid dienone is 2. The van der Waals surface area contributed by atoms with Crippen LogP contribution < -0.4 is 0 Å². The molecule has 0 spiro atoms. The third kappa shape index (κ3) is 3.97. The van der Waals surface area contributed by atoms with E-state index in [0.717, 1.165) is 5.92 Å². The molecule has 0 aromatic rings. The first-order chi connectivity index (χ1) is 6.14. The maximum Gasteiger partial charge on any atom is -0.0228 e. The highest BCUT2D eigenvalue weighted by Gasteiger charge is 2.23. The van der Waals surface area contributed by atoms with Gasteiger partial charge in [0.1, 0.15) is 0 Å². The molecular formula is C13H24. The maximum atomic E-state index is 2.45. The predicted octanol–water partition coefficient (Wildman–Crippen LogP) is 4.56. The summed E-state index contributed by atoms with van der Waals surface area (Å²) in [6.45, 7) is 7.06. The summed E-state index contributed by atoms with van der Waals surface area (Å²) in [4.78, 5) is 0. The van der Waals surface area contributed by atoms with Crippen molar-refractivity contribution in [3.8, 4) is 0 Å². The zero-order valence-corrected chi connectivity index (χ0v) is 9.47. The molecule has 1 rings (SSSR count). The van der Waals surface area contributed by atoms with Crippen LogP contribution in [0.15, 0.2) is 12.2 Å². The molecule has 0 amide bonds. The quantitative estimate of drug-likeness (QED) is 0.439. The van der Waals surface area contributed by atoms with Gasteiger partial charge in [-0.25, -0.2) is 0 Å². The van der Waals surface area contributed by atoms with Gasteiger partial charge in [0.15, 0.2) is 0 Å². The first-order valence-electron chi connectivity index (χ1n) is 5.81. The molecule has 0 bridgehead atoms. The molecule has 0 aromatic heterocycles. The molecule has 0 saturated heterocycles. The highest BCUT2D eigenvalue weighted by atomic mass is 14.3. The SMILES string of the molecule is CCCCCC1C=CCC(C)(C)C1. The molecule has 13 heavy (non-hydrogen) atoms. The van der Waals surface area contributed by atoms with Crippen LogP contribution in [-0.2, 0) is 0 Å². The van der Waals surface area contributed by atoms with Gasteiger partial charge in [0.25, 0.3) is 0 Å². The predicted molar refractivity (Wildman–Crippen MR) is 59.8 cm³/mol. The van der Waals surface area contributed by atoms with Crippen LogP contribution in [0.4, 0.5) is 0 Å². The van der Waals surface area contributed by atoms with E-state index in [1.807, 2.05) is 0 Å². The van der Waals surface area contributed by atoms with Gasteiger partial charge in [0, 0.05) is 0 Å². The molecule has 1 unspecified atom stereocenters. The average Bonchev–Trinajstić information content (AvgIpc) is 2.03. The molecule has 1 aliphatic carbocycles. The summed E-state index contributed by atoms with van der Waals surface area (Å²) in [6.07, 6.45) is 13.1. The molecular weight excluding hydrogens is 156 g/mol. The normalized spacial score (nSPS) is 26.2. The zero-order chi connectivity index (χ0) is 9.73. The van der Waals surface area contributed by atoms with E-state index >= 15 is 0 Å². The fourth-order valence-electron chi connectivity index (χ4n) is 2.30. The van der Waals surface area contributed by atoms with Gasteiger partial charge in [0.05, 0.1) is 0 Å². The first kappa shape index (κ1) is 10.8. The van der Waals surface area contributed by atoms with Crippen molar-refractivity contribution in [3.05, 3.63) is 12.2 Å². The summed E-state index contributed by atoms with van der Waals surface area (Å²) in [5, 5.41) is 0. The van der Waals surface area contributed by atoms with E-state index in [1.54, 1.807) is 0 Å². The second-order valence-corrected chi connectivity index (χ2v) is 5.26. The number of hydrogen-bond donors (Lipinski definition) is 0. The van der Waals surface area contributed by atoms with Crippen LogP contribution in [0.5, 0.6) is 0 Å². The van der Waals surface area contributed by atoms with Crippen molar-refractivity contribution in [2.45, 2.75) is 59.3 Å². The van der Waals surface area contributed by atoms with Gasteiger partial charge >= 0.3 is 0 Å². The lowest BCUT2D eigenvalue weighted by Gasteiger charge is -2.31. The van der Waals surface area contributed by atoms with Crippen molar-refractivity contribution in [1.29, 1.82) is 0 Å². The second kappa shape index (κ2) is 4.83. The standard InChI is InChI=1S/C13H24/c1-4-5-6-8-12-9-7-10-13(2,3)11-12/h7,9,12H,4-6,8,10-11H2,1-3H3. The van der Waals surface area contributed by atoms with E-state index < -0.39 is 0 Å². The summed E-state index contributed by atoms with van der Waals surface area (Å²) in [7, 11) is 0. The minimum atomic E-state index is 0.561. The first-order valence-corrected chi connectivity index (χ1v) is 5.81. The van der Waals surface area contributed by atoms with Crippen LogP contribution in [0, 0.1) is 11.3 Å². The molecule has 0 N–H and O–H groups in total. The molecule has 0 fully saturated rings. The van der Waals surface area contributed by atoms with E-state index in [4.69, 9.17) is 0 Å². The van der Waals surface area contributed by atoms with Crippen molar-refractivity contribution in [1.82, 2.24) is 0 Å². The third-order valence-electron chi connectivity index (χ3n) is 3.07. The summed E-state index contributed by atoms with van der Waals surface area (Å²) in [5.74, 6) is 0.871. The van der Waals surface area contributed by atoms with Gasteiger partial charge in [0.2, 0.25) is 0 Å². The largest absolute Gasteiger partial charge is 0.0877 e. The van der Waals surface area contributed by atoms with E-state index in [-0.39, 0.29) is 0 Å².